The molecule has 0 saturated carbocycles. The SMILES string of the molecule is Cc1ccnc(C(C)C)c1-c1ncc2cccnc2n1. The van der Waals surface area contributed by atoms with Crippen LogP contribution in [0.15, 0.2) is 36.8 Å². The van der Waals surface area contributed by atoms with Crippen molar-refractivity contribution in [3.8, 4) is 11.4 Å². The summed E-state index contributed by atoms with van der Waals surface area (Å²) in [5.41, 5.74) is 3.91. The molecule has 0 radical (unpaired) electrons. The molecule has 0 spiro atoms. The summed E-state index contributed by atoms with van der Waals surface area (Å²) in [6.07, 6.45) is 5.41. The molecule has 0 amide bonds. The molecule has 0 aliphatic heterocycles. The molecule has 0 saturated heterocycles. The first-order valence-electron chi connectivity index (χ1n) is 6.70. The predicted molar refractivity (Wildman–Crippen MR) is 79.4 cm³/mol. The lowest BCUT2D eigenvalue weighted by Crippen LogP contribution is -2.02. The summed E-state index contributed by atoms with van der Waals surface area (Å²) >= 11 is 0. The highest BCUT2D eigenvalue weighted by atomic mass is 14.9. The van der Waals surface area contributed by atoms with Crippen molar-refractivity contribution in [1.82, 2.24) is 19.9 Å². The van der Waals surface area contributed by atoms with Gasteiger partial charge in [0, 0.05) is 29.5 Å². The van der Waals surface area contributed by atoms with E-state index in [4.69, 9.17) is 0 Å². The summed E-state index contributed by atoms with van der Waals surface area (Å²) in [5.74, 6) is 1.03. The summed E-state index contributed by atoms with van der Waals surface area (Å²) in [7, 11) is 0. The Morgan fingerprint density at radius 1 is 1.00 bits per heavy atom. The Hall–Kier alpha value is -2.36. The Morgan fingerprint density at radius 2 is 1.85 bits per heavy atom. The van der Waals surface area contributed by atoms with Crippen molar-refractivity contribution < 1.29 is 0 Å². The number of pyridine rings is 2. The zero-order valence-electron chi connectivity index (χ0n) is 11.8. The molecule has 100 valence electrons. The third kappa shape index (κ3) is 2.13. The summed E-state index contributed by atoms with van der Waals surface area (Å²) in [4.78, 5) is 17.9. The molecular weight excluding hydrogens is 248 g/mol. The van der Waals surface area contributed by atoms with Crippen molar-refractivity contribution in [2.45, 2.75) is 26.7 Å². The Kier molecular flexibility index (Phi) is 3.14. The molecule has 3 aromatic heterocycles. The molecule has 0 fully saturated rings. The zero-order valence-corrected chi connectivity index (χ0v) is 11.8. The highest BCUT2D eigenvalue weighted by Crippen LogP contribution is 2.28. The number of hydrogen-bond acceptors (Lipinski definition) is 4. The van der Waals surface area contributed by atoms with Crippen LogP contribution in [0.4, 0.5) is 0 Å². The van der Waals surface area contributed by atoms with Crippen LogP contribution in [0.25, 0.3) is 22.4 Å². The minimum absolute atomic E-state index is 0.327. The monoisotopic (exact) mass is 264 g/mol. The van der Waals surface area contributed by atoms with Gasteiger partial charge in [0.15, 0.2) is 11.5 Å². The van der Waals surface area contributed by atoms with E-state index in [1.165, 1.54) is 0 Å². The molecule has 0 N–H and O–H groups in total. The maximum absolute atomic E-state index is 4.59. The van der Waals surface area contributed by atoms with E-state index in [2.05, 4.69) is 40.7 Å². The van der Waals surface area contributed by atoms with Gasteiger partial charge in [0.2, 0.25) is 0 Å². The van der Waals surface area contributed by atoms with E-state index in [0.29, 0.717) is 11.7 Å². The topological polar surface area (TPSA) is 51.6 Å². The standard InChI is InChI=1S/C16H16N4/c1-10(2)14-13(11(3)6-8-17-14)16-19-9-12-5-4-7-18-15(12)20-16/h4-10H,1-3H3. The third-order valence-electron chi connectivity index (χ3n) is 3.31. The van der Waals surface area contributed by atoms with Gasteiger partial charge in [0.05, 0.1) is 5.69 Å². The summed E-state index contributed by atoms with van der Waals surface area (Å²) in [6, 6.07) is 5.85. The second-order valence-corrected chi connectivity index (χ2v) is 5.15. The number of aromatic nitrogens is 4. The highest BCUT2D eigenvalue weighted by molar-refractivity contribution is 5.76. The molecule has 0 aliphatic rings. The van der Waals surface area contributed by atoms with Gasteiger partial charge in [0.1, 0.15) is 0 Å². The number of fused-ring (bicyclic) bond motifs is 1. The zero-order chi connectivity index (χ0) is 14.1. The molecule has 0 aliphatic carbocycles. The van der Waals surface area contributed by atoms with Gasteiger partial charge in [-0.2, -0.15) is 0 Å². The van der Waals surface area contributed by atoms with Crippen LogP contribution < -0.4 is 0 Å². The van der Waals surface area contributed by atoms with Crippen LogP contribution >= 0.6 is 0 Å². The van der Waals surface area contributed by atoms with Crippen molar-refractivity contribution in [3.63, 3.8) is 0 Å². The number of aryl methyl sites for hydroxylation is 1. The quantitative estimate of drug-likeness (QED) is 0.710. The normalized spacial score (nSPS) is 11.2. The highest BCUT2D eigenvalue weighted by Gasteiger charge is 2.15. The minimum Gasteiger partial charge on any atom is -0.260 e. The fourth-order valence-corrected chi connectivity index (χ4v) is 2.29. The minimum atomic E-state index is 0.327. The van der Waals surface area contributed by atoms with E-state index < -0.39 is 0 Å². The molecule has 0 atom stereocenters. The van der Waals surface area contributed by atoms with E-state index in [1.807, 2.05) is 30.6 Å². The largest absolute Gasteiger partial charge is 0.260 e. The lowest BCUT2D eigenvalue weighted by molar-refractivity contribution is 0.821. The fraction of sp³-hybridized carbons (Fsp3) is 0.250. The molecule has 20 heavy (non-hydrogen) atoms. The molecule has 0 unspecified atom stereocenters. The van der Waals surface area contributed by atoms with E-state index >= 15 is 0 Å². The second-order valence-electron chi connectivity index (χ2n) is 5.15. The van der Waals surface area contributed by atoms with Crippen LogP contribution in [-0.4, -0.2) is 19.9 Å². The molecule has 3 heterocycles. The van der Waals surface area contributed by atoms with E-state index in [0.717, 1.165) is 27.9 Å². The lowest BCUT2D eigenvalue weighted by atomic mass is 9.99. The Bertz CT molecular complexity index is 765. The van der Waals surface area contributed by atoms with Crippen molar-refractivity contribution in [1.29, 1.82) is 0 Å². The average Bonchev–Trinajstić information content (AvgIpc) is 2.46. The summed E-state index contributed by atoms with van der Waals surface area (Å²) in [6.45, 7) is 6.32. The first-order valence-corrected chi connectivity index (χ1v) is 6.70. The summed E-state index contributed by atoms with van der Waals surface area (Å²) in [5, 5.41) is 0.948. The van der Waals surface area contributed by atoms with E-state index in [-0.39, 0.29) is 0 Å². The number of hydrogen-bond donors (Lipinski definition) is 0. The van der Waals surface area contributed by atoms with Crippen molar-refractivity contribution >= 4 is 11.0 Å². The molecule has 4 nitrogen and oxygen atoms in total. The van der Waals surface area contributed by atoms with Crippen LogP contribution in [0.5, 0.6) is 0 Å². The Labute approximate surface area is 118 Å². The first kappa shape index (κ1) is 12.7. The maximum Gasteiger partial charge on any atom is 0.163 e. The first-order chi connectivity index (χ1) is 9.66. The van der Waals surface area contributed by atoms with Gasteiger partial charge in [-0.15, -0.1) is 0 Å². The lowest BCUT2D eigenvalue weighted by Gasteiger charge is -2.13. The van der Waals surface area contributed by atoms with Crippen molar-refractivity contribution in [2.75, 3.05) is 0 Å². The van der Waals surface area contributed by atoms with Crippen LogP contribution in [0.2, 0.25) is 0 Å². The smallest absolute Gasteiger partial charge is 0.163 e. The van der Waals surface area contributed by atoms with Gasteiger partial charge in [0.25, 0.3) is 0 Å². The van der Waals surface area contributed by atoms with Crippen molar-refractivity contribution in [2.24, 2.45) is 0 Å². The van der Waals surface area contributed by atoms with Crippen LogP contribution in [-0.2, 0) is 0 Å². The maximum atomic E-state index is 4.59. The molecule has 3 rings (SSSR count). The van der Waals surface area contributed by atoms with Crippen LogP contribution in [0.1, 0.15) is 31.0 Å². The Morgan fingerprint density at radius 3 is 2.65 bits per heavy atom. The van der Waals surface area contributed by atoms with Gasteiger partial charge in [-0.3, -0.25) is 4.98 Å². The Balaban J connectivity index is 2.25. The van der Waals surface area contributed by atoms with E-state index in [9.17, 15) is 0 Å². The van der Waals surface area contributed by atoms with Crippen LogP contribution in [0.3, 0.4) is 0 Å². The average molecular weight is 264 g/mol. The molecule has 0 bridgehead atoms. The molecular formula is C16H16N4. The van der Waals surface area contributed by atoms with Gasteiger partial charge >= 0.3 is 0 Å². The number of rotatable bonds is 2. The van der Waals surface area contributed by atoms with Gasteiger partial charge < -0.3 is 0 Å². The number of nitrogens with zero attached hydrogens (tertiary/aromatic N) is 4. The van der Waals surface area contributed by atoms with Gasteiger partial charge in [-0.05, 0) is 36.6 Å². The van der Waals surface area contributed by atoms with Crippen LogP contribution in [0, 0.1) is 6.92 Å². The molecule has 4 heteroatoms. The van der Waals surface area contributed by atoms with Gasteiger partial charge in [-0.25, -0.2) is 15.0 Å². The van der Waals surface area contributed by atoms with Gasteiger partial charge in [-0.1, -0.05) is 13.8 Å². The van der Waals surface area contributed by atoms with Crippen molar-refractivity contribution in [3.05, 3.63) is 48.0 Å². The molecule has 0 aromatic carbocycles. The second kappa shape index (κ2) is 4.96. The fourth-order valence-electron chi connectivity index (χ4n) is 2.29. The third-order valence-corrected chi connectivity index (χ3v) is 3.31. The van der Waals surface area contributed by atoms with E-state index in [1.54, 1.807) is 6.20 Å². The predicted octanol–water partition coefficient (Wildman–Crippen LogP) is 3.52. The molecule has 3 aromatic rings. The summed E-state index contributed by atoms with van der Waals surface area (Å²) < 4.78 is 0.